The quantitative estimate of drug-likeness (QED) is 0.711. The van der Waals surface area contributed by atoms with E-state index in [4.69, 9.17) is 20.8 Å². The molecule has 1 aromatic carbocycles. The summed E-state index contributed by atoms with van der Waals surface area (Å²) in [7, 11) is 0. The summed E-state index contributed by atoms with van der Waals surface area (Å²) in [6.45, 7) is 4.03. The van der Waals surface area contributed by atoms with E-state index >= 15 is 0 Å². The molecule has 0 bridgehead atoms. The van der Waals surface area contributed by atoms with E-state index in [1.807, 2.05) is 4.90 Å². The summed E-state index contributed by atoms with van der Waals surface area (Å²) < 4.78 is 11.1. The minimum Gasteiger partial charge on any atom is -0.484 e. The van der Waals surface area contributed by atoms with Gasteiger partial charge in [-0.3, -0.25) is 4.79 Å². The van der Waals surface area contributed by atoms with Crippen LogP contribution in [-0.2, 0) is 11.4 Å². The summed E-state index contributed by atoms with van der Waals surface area (Å²) in [4.78, 5) is 14.2. The van der Waals surface area contributed by atoms with Gasteiger partial charge in [0.2, 0.25) is 5.91 Å². The number of thioether (sulfide) groups is 1. The average Bonchev–Trinajstić information content (AvgIpc) is 3.07. The molecule has 8 heteroatoms. The highest BCUT2D eigenvalue weighted by molar-refractivity contribution is 7.99. The lowest BCUT2D eigenvalue weighted by Crippen LogP contribution is -2.40. The summed E-state index contributed by atoms with van der Waals surface area (Å²) in [6, 6.07) is 7.04. The first kappa shape index (κ1) is 18.1. The van der Waals surface area contributed by atoms with E-state index in [0.29, 0.717) is 33.6 Å². The number of piperidine rings is 1. The fourth-order valence-electron chi connectivity index (χ4n) is 2.66. The van der Waals surface area contributed by atoms with Gasteiger partial charge in [-0.05, 0) is 43.0 Å². The Balaban J connectivity index is 1.45. The smallest absolute Gasteiger partial charge is 0.277 e. The largest absolute Gasteiger partial charge is 0.484 e. The van der Waals surface area contributed by atoms with Gasteiger partial charge in [-0.1, -0.05) is 30.3 Å². The van der Waals surface area contributed by atoms with Gasteiger partial charge in [-0.2, -0.15) is 0 Å². The minimum atomic E-state index is 0.119. The molecule has 0 saturated carbocycles. The van der Waals surface area contributed by atoms with E-state index in [1.54, 1.807) is 24.3 Å². The third-order valence-electron chi connectivity index (χ3n) is 3.95. The van der Waals surface area contributed by atoms with Crippen LogP contribution in [0.2, 0.25) is 5.02 Å². The topological polar surface area (TPSA) is 68.5 Å². The zero-order chi connectivity index (χ0) is 17.6. The number of amides is 1. The first-order valence-electron chi connectivity index (χ1n) is 8.21. The highest BCUT2D eigenvalue weighted by atomic mass is 35.5. The predicted molar refractivity (Wildman–Crippen MR) is 95.8 cm³/mol. The van der Waals surface area contributed by atoms with Crippen molar-refractivity contribution in [3.8, 4) is 5.75 Å². The number of aromatic nitrogens is 2. The number of benzene rings is 1. The molecule has 6 nitrogen and oxygen atoms in total. The summed E-state index contributed by atoms with van der Waals surface area (Å²) >= 11 is 7.09. The SMILES string of the molecule is C[C@H]1CCCN(C(=O)CSc2nnc(COc3ccc(Cl)cc3)o2)C1. The Morgan fingerprint density at radius 2 is 2.20 bits per heavy atom. The van der Waals surface area contributed by atoms with Gasteiger partial charge in [0.1, 0.15) is 5.75 Å². The maximum absolute atomic E-state index is 12.2. The van der Waals surface area contributed by atoms with Crippen LogP contribution in [0, 0.1) is 5.92 Å². The van der Waals surface area contributed by atoms with Gasteiger partial charge in [-0.15, -0.1) is 10.2 Å². The molecule has 1 atom stereocenters. The second-order valence-electron chi connectivity index (χ2n) is 6.08. The number of hydrogen-bond acceptors (Lipinski definition) is 6. The van der Waals surface area contributed by atoms with Gasteiger partial charge in [0.05, 0.1) is 5.75 Å². The van der Waals surface area contributed by atoms with Crippen LogP contribution in [0.15, 0.2) is 33.9 Å². The van der Waals surface area contributed by atoms with E-state index < -0.39 is 0 Å². The van der Waals surface area contributed by atoms with Crippen molar-refractivity contribution in [3.05, 3.63) is 35.2 Å². The molecule has 134 valence electrons. The lowest BCUT2D eigenvalue weighted by atomic mass is 10.0. The van der Waals surface area contributed by atoms with Crippen molar-refractivity contribution in [1.29, 1.82) is 0 Å². The highest BCUT2D eigenvalue weighted by Gasteiger charge is 2.21. The van der Waals surface area contributed by atoms with Crippen LogP contribution >= 0.6 is 23.4 Å². The van der Waals surface area contributed by atoms with E-state index in [0.717, 1.165) is 19.5 Å². The van der Waals surface area contributed by atoms with Crippen LogP contribution in [0.4, 0.5) is 0 Å². The van der Waals surface area contributed by atoms with Crippen LogP contribution in [0.3, 0.4) is 0 Å². The van der Waals surface area contributed by atoms with Gasteiger partial charge in [0.25, 0.3) is 11.1 Å². The van der Waals surface area contributed by atoms with Crippen LogP contribution in [0.5, 0.6) is 5.75 Å². The first-order valence-corrected chi connectivity index (χ1v) is 9.58. The number of carbonyl (C=O) groups excluding carboxylic acids is 1. The summed E-state index contributed by atoms with van der Waals surface area (Å²) in [5.41, 5.74) is 0. The molecule has 0 radical (unpaired) electrons. The molecule has 1 aliphatic heterocycles. The fraction of sp³-hybridized carbons (Fsp3) is 0.471. The molecule has 1 amide bonds. The van der Waals surface area contributed by atoms with Crippen LogP contribution < -0.4 is 4.74 Å². The van der Waals surface area contributed by atoms with Crippen molar-refractivity contribution in [1.82, 2.24) is 15.1 Å². The number of nitrogens with zero attached hydrogens (tertiary/aromatic N) is 3. The molecule has 0 spiro atoms. The summed E-state index contributed by atoms with van der Waals surface area (Å²) in [5, 5.41) is 8.92. The third kappa shape index (κ3) is 5.37. The van der Waals surface area contributed by atoms with Crippen molar-refractivity contribution < 1.29 is 13.9 Å². The van der Waals surface area contributed by atoms with Crippen LogP contribution in [0.1, 0.15) is 25.7 Å². The molecule has 25 heavy (non-hydrogen) atoms. The van der Waals surface area contributed by atoms with Crippen molar-refractivity contribution in [2.24, 2.45) is 5.92 Å². The third-order valence-corrected chi connectivity index (χ3v) is 5.01. The first-order chi connectivity index (χ1) is 12.1. The number of likely N-dealkylation sites (tertiary alicyclic amines) is 1. The average molecular weight is 382 g/mol. The van der Waals surface area contributed by atoms with Gasteiger partial charge in [-0.25, -0.2) is 0 Å². The highest BCUT2D eigenvalue weighted by Crippen LogP contribution is 2.21. The van der Waals surface area contributed by atoms with Gasteiger partial charge >= 0.3 is 0 Å². The van der Waals surface area contributed by atoms with Crippen molar-refractivity contribution in [2.45, 2.75) is 31.6 Å². The van der Waals surface area contributed by atoms with E-state index in [9.17, 15) is 4.79 Å². The molecule has 1 saturated heterocycles. The van der Waals surface area contributed by atoms with Gasteiger partial charge in [0, 0.05) is 18.1 Å². The minimum absolute atomic E-state index is 0.119. The number of halogens is 1. The Labute approximate surface area is 155 Å². The van der Waals surface area contributed by atoms with E-state index in [1.165, 1.54) is 18.2 Å². The van der Waals surface area contributed by atoms with Crippen LogP contribution in [-0.4, -0.2) is 39.8 Å². The second-order valence-corrected chi connectivity index (χ2v) is 7.44. The lowest BCUT2D eigenvalue weighted by molar-refractivity contribution is -0.130. The molecule has 0 aliphatic carbocycles. The molecular formula is C17H20ClN3O3S. The van der Waals surface area contributed by atoms with Crippen molar-refractivity contribution in [3.63, 3.8) is 0 Å². The second kappa shape index (κ2) is 8.58. The van der Waals surface area contributed by atoms with Gasteiger partial charge < -0.3 is 14.1 Å². The Hall–Kier alpha value is -1.73. The zero-order valence-electron chi connectivity index (χ0n) is 14.0. The fourth-order valence-corrected chi connectivity index (χ4v) is 3.47. The Kier molecular flexibility index (Phi) is 6.20. The number of hydrogen-bond donors (Lipinski definition) is 0. The Morgan fingerprint density at radius 1 is 1.40 bits per heavy atom. The summed E-state index contributed by atoms with van der Waals surface area (Å²) in [5.74, 6) is 2.05. The molecule has 1 aromatic heterocycles. The van der Waals surface area contributed by atoms with Crippen molar-refractivity contribution >= 4 is 29.3 Å². The molecule has 3 rings (SSSR count). The normalized spacial score (nSPS) is 17.5. The van der Waals surface area contributed by atoms with E-state index in [-0.39, 0.29) is 12.5 Å². The van der Waals surface area contributed by atoms with Crippen LogP contribution in [0.25, 0.3) is 0 Å². The molecule has 0 N–H and O–H groups in total. The molecule has 2 heterocycles. The molecule has 2 aromatic rings. The van der Waals surface area contributed by atoms with Crippen molar-refractivity contribution in [2.75, 3.05) is 18.8 Å². The maximum atomic E-state index is 12.2. The predicted octanol–water partition coefficient (Wildman–Crippen LogP) is 3.65. The molecular weight excluding hydrogens is 362 g/mol. The molecule has 1 fully saturated rings. The number of carbonyl (C=O) groups is 1. The maximum Gasteiger partial charge on any atom is 0.277 e. The molecule has 1 aliphatic rings. The Morgan fingerprint density at radius 3 is 2.96 bits per heavy atom. The van der Waals surface area contributed by atoms with Gasteiger partial charge in [0.15, 0.2) is 6.61 Å². The number of rotatable bonds is 6. The monoisotopic (exact) mass is 381 g/mol. The summed E-state index contributed by atoms with van der Waals surface area (Å²) in [6.07, 6.45) is 2.27. The Bertz CT molecular complexity index is 707. The van der Waals surface area contributed by atoms with E-state index in [2.05, 4.69) is 17.1 Å². The molecule has 0 unspecified atom stereocenters. The zero-order valence-corrected chi connectivity index (χ0v) is 15.6. The standard InChI is InChI=1S/C17H20ClN3O3S/c1-12-3-2-8-21(9-12)16(22)11-25-17-20-19-15(24-17)10-23-14-6-4-13(18)5-7-14/h4-7,12H,2-3,8-11H2,1H3/t12-/m0/s1. The number of ether oxygens (including phenoxy) is 1. The lowest BCUT2D eigenvalue weighted by Gasteiger charge is -2.30.